The average Bonchev–Trinajstić information content (AvgIpc) is 2.44. The Morgan fingerprint density at radius 1 is 1.16 bits per heavy atom. The summed E-state index contributed by atoms with van der Waals surface area (Å²) in [6.45, 7) is 5.10. The Morgan fingerprint density at radius 3 is 2.32 bits per heavy atom. The lowest BCUT2D eigenvalue weighted by atomic mass is 9.94. The second kappa shape index (κ2) is 5.15. The highest BCUT2D eigenvalue weighted by Gasteiger charge is 2.35. The first kappa shape index (κ1) is 13.0. The molecular weight excluding hydrogens is 248 g/mol. The summed E-state index contributed by atoms with van der Waals surface area (Å²) in [5.74, 6) is -0.988. The van der Waals surface area contributed by atoms with Gasteiger partial charge < -0.3 is 5.73 Å². The highest BCUT2D eigenvalue weighted by Crippen LogP contribution is 2.21. The van der Waals surface area contributed by atoms with E-state index in [0.29, 0.717) is 0 Å². The minimum atomic E-state index is -0.494. The van der Waals surface area contributed by atoms with Crippen LogP contribution in [0.4, 0.5) is 8.78 Å². The van der Waals surface area contributed by atoms with E-state index in [1.54, 1.807) is 0 Å². The maximum absolute atomic E-state index is 13.6. The summed E-state index contributed by atoms with van der Waals surface area (Å²) in [7, 11) is 0. The number of benzene rings is 1. The summed E-state index contributed by atoms with van der Waals surface area (Å²) in [5, 5.41) is 0. The van der Waals surface area contributed by atoms with E-state index in [4.69, 9.17) is 5.73 Å². The van der Waals surface area contributed by atoms with E-state index in [1.165, 1.54) is 18.2 Å². The number of fused-ring (bicyclic) bond motifs is 3. The van der Waals surface area contributed by atoms with Crippen LogP contribution in [0.1, 0.15) is 5.56 Å². The van der Waals surface area contributed by atoms with Gasteiger partial charge in [-0.1, -0.05) is 6.07 Å². The standard InChI is InChI=1S/C14H19F2N3/c15-11-2-1-3-12(16)10(11)8-13(17)14-9-18-4-6-19(14)7-5-18/h1-3,13-14H,4-9,17H2. The van der Waals surface area contributed by atoms with Crippen molar-refractivity contribution in [3.05, 3.63) is 35.4 Å². The molecule has 19 heavy (non-hydrogen) atoms. The maximum atomic E-state index is 13.6. The van der Waals surface area contributed by atoms with Gasteiger partial charge in [-0.25, -0.2) is 8.78 Å². The molecule has 2 N–H and O–H groups in total. The molecule has 2 unspecified atom stereocenters. The van der Waals surface area contributed by atoms with Gasteiger partial charge in [-0.3, -0.25) is 9.80 Å². The van der Waals surface area contributed by atoms with Crippen molar-refractivity contribution in [2.75, 3.05) is 32.7 Å². The monoisotopic (exact) mass is 267 g/mol. The zero-order valence-electron chi connectivity index (χ0n) is 10.9. The van der Waals surface area contributed by atoms with Crippen LogP contribution in [0.25, 0.3) is 0 Å². The number of nitrogens with two attached hydrogens (primary N) is 1. The lowest BCUT2D eigenvalue weighted by Gasteiger charge is -2.49. The Bertz CT molecular complexity index is 438. The van der Waals surface area contributed by atoms with Crippen LogP contribution in [-0.4, -0.2) is 54.6 Å². The molecule has 5 heteroatoms. The quantitative estimate of drug-likeness (QED) is 0.880. The van der Waals surface area contributed by atoms with Gasteiger partial charge in [0.25, 0.3) is 0 Å². The van der Waals surface area contributed by atoms with Crippen LogP contribution in [0.3, 0.4) is 0 Å². The van der Waals surface area contributed by atoms with Crippen molar-refractivity contribution in [1.82, 2.24) is 9.80 Å². The predicted octanol–water partition coefficient (Wildman–Crippen LogP) is 0.834. The molecule has 104 valence electrons. The van der Waals surface area contributed by atoms with Crippen LogP contribution in [0.5, 0.6) is 0 Å². The van der Waals surface area contributed by atoms with Gasteiger partial charge in [0.05, 0.1) is 0 Å². The average molecular weight is 267 g/mol. The van der Waals surface area contributed by atoms with Crippen LogP contribution in [0.2, 0.25) is 0 Å². The summed E-state index contributed by atoms with van der Waals surface area (Å²) < 4.78 is 27.3. The van der Waals surface area contributed by atoms with Crippen LogP contribution < -0.4 is 5.73 Å². The summed E-state index contributed by atoms with van der Waals surface area (Å²) in [6, 6.07) is 3.96. The summed E-state index contributed by atoms with van der Waals surface area (Å²) >= 11 is 0. The maximum Gasteiger partial charge on any atom is 0.129 e. The topological polar surface area (TPSA) is 32.5 Å². The molecule has 4 rings (SSSR count). The molecule has 0 spiro atoms. The Hall–Kier alpha value is -1.04. The Balaban J connectivity index is 1.73. The van der Waals surface area contributed by atoms with Crippen molar-refractivity contribution >= 4 is 0 Å². The number of nitrogens with zero attached hydrogens (tertiary/aromatic N) is 2. The van der Waals surface area contributed by atoms with Gasteiger partial charge in [-0.05, 0) is 18.6 Å². The first-order valence-corrected chi connectivity index (χ1v) is 6.80. The third-order valence-corrected chi connectivity index (χ3v) is 4.32. The van der Waals surface area contributed by atoms with Crippen molar-refractivity contribution in [1.29, 1.82) is 0 Å². The zero-order chi connectivity index (χ0) is 13.4. The molecule has 3 heterocycles. The van der Waals surface area contributed by atoms with Gasteiger partial charge in [0.2, 0.25) is 0 Å². The Morgan fingerprint density at radius 2 is 1.79 bits per heavy atom. The third kappa shape index (κ3) is 2.50. The van der Waals surface area contributed by atoms with Crippen molar-refractivity contribution < 1.29 is 8.78 Å². The highest BCUT2D eigenvalue weighted by atomic mass is 19.1. The summed E-state index contributed by atoms with van der Waals surface area (Å²) in [4.78, 5) is 4.73. The first-order chi connectivity index (χ1) is 9.15. The van der Waals surface area contributed by atoms with Gasteiger partial charge in [0.15, 0.2) is 0 Å². The van der Waals surface area contributed by atoms with Gasteiger partial charge >= 0.3 is 0 Å². The fraction of sp³-hybridized carbons (Fsp3) is 0.571. The minimum Gasteiger partial charge on any atom is -0.326 e. The predicted molar refractivity (Wildman–Crippen MR) is 69.8 cm³/mol. The lowest BCUT2D eigenvalue weighted by molar-refractivity contribution is 0.00239. The number of hydrogen-bond donors (Lipinski definition) is 1. The molecule has 0 saturated carbocycles. The van der Waals surface area contributed by atoms with Gasteiger partial charge in [0, 0.05) is 50.4 Å². The molecule has 0 aliphatic carbocycles. The fourth-order valence-corrected chi connectivity index (χ4v) is 3.16. The smallest absolute Gasteiger partial charge is 0.129 e. The first-order valence-electron chi connectivity index (χ1n) is 6.80. The minimum absolute atomic E-state index is 0.118. The summed E-state index contributed by atoms with van der Waals surface area (Å²) in [5.41, 5.74) is 6.32. The Kier molecular flexibility index (Phi) is 3.52. The van der Waals surface area contributed by atoms with Crippen LogP contribution >= 0.6 is 0 Å². The van der Waals surface area contributed by atoms with Crippen LogP contribution in [0, 0.1) is 11.6 Å². The molecule has 3 fully saturated rings. The van der Waals surface area contributed by atoms with Crippen molar-refractivity contribution in [3.8, 4) is 0 Å². The van der Waals surface area contributed by atoms with Gasteiger partial charge in [-0.15, -0.1) is 0 Å². The number of rotatable bonds is 3. The molecule has 3 nitrogen and oxygen atoms in total. The molecule has 3 saturated heterocycles. The van der Waals surface area contributed by atoms with Gasteiger partial charge in [0.1, 0.15) is 11.6 Å². The van der Waals surface area contributed by atoms with E-state index in [1.807, 2.05) is 0 Å². The molecule has 0 aromatic heterocycles. The Labute approximate surface area is 112 Å². The molecule has 0 radical (unpaired) electrons. The second-order valence-electron chi connectivity index (χ2n) is 5.47. The third-order valence-electron chi connectivity index (χ3n) is 4.32. The molecule has 0 amide bonds. The second-order valence-corrected chi connectivity index (χ2v) is 5.47. The molecule has 1 aromatic rings. The van der Waals surface area contributed by atoms with Crippen molar-refractivity contribution in [2.45, 2.75) is 18.5 Å². The van der Waals surface area contributed by atoms with E-state index < -0.39 is 11.6 Å². The number of hydrogen-bond acceptors (Lipinski definition) is 3. The molecule has 2 atom stereocenters. The van der Waals surface area contributed by atoms with E-state index in [-0.39, 0.29) is 24.1 Å². The van der Waals surface area contributed by atoms with Crippen molar-refractivity contribution in [2.24, 2.45) is 5.73 Å². The molecule has 1 aromatic carbocycles. The molecular formula is C14H19F2N3. The molecule has 3 aliphatic heterocycles. The number of piperazine rings is 3. The largest absolute Gasteiger partial charge is 0.326 e. The lowest BCUT2D eigenvalue weighted by Crippen LogP contribution is -2.66. The molecule has 2 bridgehead atoms. The fourth-order valence-electron chi connectivity index (χ4n) is 3.16. The normalized spacial score (nSPS) is 31.4. The highest BCUT2D eigenvalue weighted by molar-refractivity contribution is 5.21. The number of halogens is 2. The summed E-state index contributed by atoms with van der Waals surface area (Å²) in [6.07, 6.45) is 0.257. The van der Waals surface area contributed by atoms with Crippen LogP contribution in [0.15, 0.2) is 18.2 Å². The van der Waals surface area contributed by atoms with Crippen molar-refractivity contribution in [3.63, 3.8) is 0 Å². The van der Waals surface area contributed by atoms with E-state index in [2.05, 4.69) is 9.80 Å². The zero-order valence-corrected chi connectivity index (χ0v) is 10.9. The van der Waals surface area contributed by atoms with E-state index in [0.717, 1.165) is 32.7 Å². The van der Waals surface area contributed by atoms with Crippen LogP contribution in [-0.2, 0) is 6.42 Å². The van der Waals surface area contributed by atoms with E-state index in [9.17, 15) is 8.78 Å². The SMILES string of the molecule is NC(Cc1c(F)cccc1F)C1CN2CCN1CC2. The molecule has 3 aliphatic rings. The van der Waals surface area contributed by atoms with Gasteiger partial charge in [-0.2, -0.15) is 0 Å². The van der Waals surface area contributed by atoms with E-state index >= 15 is 0 Å².